The third-order valence-electron chi connectivity index (χ3n) is 2.53. The van der Waals surface area contributed by atoms with Crippen molar-refractivity contribution in [1.29, 1.82) is 0 Å². The van der Waals surface area contributed by atoms with Gasteiger partial charge in [-0.15, -0.1) is 6.58 Å². The first-order chi connectivity index (χ1) is 7.36. The molecule has 0 bridgehead atoms. The number of benzene rings is 1. The molecule has 0 aromatic heterocycles. The minimum atomic E-state index is 0.577. The Kier molecular flexibility index (Phi) is 5.79. The fourth-order valence-electron chi connectivity index (χ4n) is 1.71. The van der Waals surface area contributed by atoms with Gasteiger partial charge in [0.1, 0.15) is 0 Å². The first kappa shape index (κ1) is 12.0. The first-order valence-electron chi connectivity index (χ1n) is 5.75. The maximum atomic E-state index is 3.80. The second-order valence-electron chi connectivity index (χ2n) is 3.88. The molecule has 0 aliphatic rings. The van der Waals surface area contributed by atoms with E-state index in [1.165, 1.54) is 18.4 Å². The summed E-state index contributed by atoms with van der Waals surface area (Å²) in [5.41, 5.74) is 1.35. The van der Waals surface area contributed by atoms with Crippen molar-refractivity contribution in [3.8, 4) is 0 Å². The molecular formula is C14H21N. The highest BCUT2D eigenvalue weighted by atomic mass is 14.9. The Morgan fingerprint density at radius 3 is 2.67 bits per heavy atom. The number of hydrogen-bond acceptors (Lipinski definition) is 1. The molecule has 1 heteroatoms. The van der Waals surface area contributed by atoms with E-state index in [2.05, 4.69) is 49.2 Å². The van der Waals surface area contributed by atoms with Crippen molar-refractivity contribution in [1.82, 2.24) is 5.32 Å². The molecule has 0 fully saturated rings. The summed E-state index contributed by atoms with van der Waals surface area (Å²) in [5, 5.41) is 3.57. The van der Waals surface area contributed by atoms with Crippen molar-refractivity contribution in [3.63, 3.8) is 0 Å². The minimum absolute atomic E-state index is 0.577. The van der Waals surface area contributed by atoms with Crippen molar-refractivity contribution >= 4 is 0 Å². The van der Waals surface area contributed by atoms with Gasteiger partial charge in [-0.1, -0.05) is 49.8 Å². The minimum Gasteiger partial charge on any atom is -0.310 e. The smallest absolute Gasteiger partial charge is 0.0208 e. The van der Waals surface area contributed by atoms with E-state index in [0.717, 1.165) is 13.0 Å². The van der Waals surface area contributed by atoms with Crippen LogP contribution in [0.15, 0.2) is 43.0 Å². The molecule has 15 heavy (non-hydrogen) atoms. The lowest BCUT2D eigenvalue weighted by Crippen LogP contribution is -2.27. The predicted molar refractivity (Wildman–Crippen MR) is 66.8 cm³/mol. The van der Waals surface area contributed by atoms with Crippen molar-refractivity contribution in [3.05, 3.63) is 48.6 Å². The summed E-state index contributed by atoms with van der Waals surface area (Å²) in [7, 11) is 0. The van der Waals surface area contributed by atoms with E-state index < -0.39 is 0 Å². The Balaban J connectivity index is 2.36. The predicted octanol–water partition coefficient (Wildman–Crippen LogP) is 3.52. The molecule has 0 saturated heterocycles. The van der Waals surface area contributed by atoms with Crippen LogP contribution >= 0.6 is 0 Å². The maximum Gasteiger partial charge on any atom is 0.0208 e. The normalized spacial score (nSPS) is 12.3. The van der Waals surface area contributed by atoms with Gasteiger partial charge in [0.05, 0.1) is 0 Å². The first-order valence-corrected chi connectivity index (χ1v) is 5.75. The number of rotatable bonds is 7. The quantitative estimate of drug-likeness (QED) is 0.669. The summed E-state index contributed by atoms with van der Waals surface area (Å²) < 4.78 is 0. The average Bonchev–Trinajstić information content (AvgIpc) is 2.28. The molecule has 1 aromatic carbocycles. The lowest BCUT2D eigenvalue weighted by atomic mass is 10.1. The highest BCUT2D eigenvalue weighted by molar-refractivity contribution is 5.14. The molecule has 0 aliphatic heterocycles. The third kappa shape index (κ3) is 4.80. The molecule has 0 amide bonds. The molecule has 1 nitrogen and oxygen atoms in total. The molecule has 1 aromatic rings. The largest absolute Gasteiger partial charge is 0.310 e. The fraction of sp³-hybridized carbons (Fsp3) is 0.429. The van der Waals surface area contributed by atoms with Gasteiger partial charge in [-0.2, -0.15) is 0 Å². The molecule has 1 rings (SSSR count). The van der Waals surface area contributed by atoms with Gasteiger partial charge < -0.3 is 5.32 Å². The van der Waals surface area contributed by atoms with Gasteiger partial charge in [0.25, 0.3) is 0 Å². The van der Waals surface area contributed by atoms with Gasteiger partial charge in [-0.3, -0.25) is 0 Å². The Labute approximate surface area is 93.2 Å². The van der Waals surface area contributed by atoms with Gasteiger partial charge in [0.15, 0.2) is 0 Å². The van der Waals surface area contributed by atoms with Crippen LogP contribution in [0.3, 0.4) is 0 Å². The van der Waals surface area contributed by atoms with Crippen LogP contribution in [-0.4, -0.2) is 6.04 Å². The van der Waals surface area contributed by atoms with Gasteiger partial charge in [-0.05, 0) is 18.4 Å². The zero-order chi connectivity index (χ0) is 10.9. The SMILES string of the molecule is C=CCC(CCC)NCc1ccccc1. The van der Waals surface area contributed by atoms with E-state index in [1.807, 2.05) is 6.08 Å². The molecule has 0 heterocycles. The summed E-state index contributed by atoms with van der Waals surface area (Å²) in [4.78, 5) is 0. The summed E-state index contributed by atoms with van der Waals surface area (Å²) in [6, 6.07) is 11.1. The van der Waals surface area contributed by atoms with Crippen LogP contribution in [0.4, 0.5) is 0 Å². The average molecular weight is 203 g/mol. The Morgan fingerprint density at radius 1 is 1.33 bits per heavy atom. The topological polar surface area (TPSA) is 12.0 Å². The van der Waals surface area contributed by atoms with Crippen molar-refractivity contribution in [2.24, 2.45) is 0 Å². The summed E-state index contributed by atoms with van der Waals surface area (Å²) in [5.74, 6) is 0. The fourth-order valence-corrected chi connectivity index (χ4v) is 1.71. The van der Waals surface area contributed by atoms with Crippen molar-refractivity contribution in [2.45, 2.75) is 38.8 Å². The van der Waals surface area contributed by atoms with E-state index in [4.69, 9.17) is 0 Å². The van der Waals surface area contributed by atoms with Crippen LogP contribution in [0.25, 0.3) is 0 Å². The number of nitrogens with one attached hydrogen (secondary N) is 1. The zero-order valence-electron chi connectivity index (χ0n) is 9.58. The van der Waals surface area contributed by atoms with E-state index in [1.54, 1.807) is 0 Å². The van der Waals surface area contributed by atoms with Gasteiger partial charge >= 0.3 is 0 Å². The molecule has 0 radical (unpaired) electrons. The summed E-state index contributed by atoms with van der Waals surface area (Å²) in [6.45, 7) is 6.98. The molecule has 1 unspecified atom stereocenters. The summed E-state index contributed by atoms with van der Waals surface area (Å²) in [6.07, 6.45) is 5.50. The Morgan fingerprint density at radius 2 is 2.07 bits per heavy atom. The second kappa shape index (κ2) is 7.24. The molecule has 1 N–H and O–H groups in total. The lowest BCUT2D eigenvalue weighted by Gasteiger charge is -2.16. The Bertz CT molecular complexity index is 266. The third-order valence-corrected chi connectivity index (χ3v) is 2.53. The highest BCUT2D eigenvalue weighted by Crippen LogP contribution is 2.05. The van der Waals surface area contributed by atoms with Gasteiger partial charge in [-0.25, -0.2) is 0 Å². The highest BCUT2D eigenvalue weighted by Gasteiger charge is 2.04. The van der Waals surface area contributed by atoms with Crippen LogP contribution in [0, 0.1) is 0 Å². The van der Waals surface area contributed by atoms with E-state index in [0.29, 0.717) is 6.04 Å². The second-order valence-corrected chi connectivity index (χ2v) is 3.88. The zero-order valence-corrected chi connectivity index (χ0v) is 9.58. The molecule has 0 aliphatic carbocycles. The molecule has 0 saturated carbocycles. The van der Waals surface area contributed by atoms with Crippen LogP contribution in [0.5, 0.6) is 0 Å². The molecule has 0 spiro atoms. The van der Waals surface area contributed by atoms with E-state index in [9.17, 15) is 0 Å². The standard InChI is InChI=1S/C14H21N/c1-3-8-14(9-4-2)15-12-13-10-6-5-7-11-13/h3,5-7,10-11,14-15H,1,4,8-9,12H2,2H3. The summed E-state index contributed by atoms with van der Waals surface area (Å²) >= 11 is 0. The van der Waals surface area contributed by atoms with E-state index >= 15 is 0 Å². The van der Waals surface area contributed by atoms with Crippen LogP contribution < -0.4 is 5.32 Å². The van der Waals surface area contributed by atoms with Crippen molar-refractivity contribution in [2.75, 3.05) is 0 Å². The van der Waals surface area contributed by atoms with Gasteiger partial charge in [0.2, 0.25) is 0 Å². The van der Waals surface area contributed by atoms with Crippen LogP contribution in [-0.2, 0) is 6.54 Å². The number of hydrogen-bond donors (Lipinski definition) is 1. The van der Waals surface area contributed by atoms with Crippen LogP contribution in [0.1, 0.15) is 31.7 Å². The van der Waals surface area contributed by atoms with Crippen LogP contribution in [0.2, 0.25) is 0 Å². The van der Waals surface area contributed by atoms with E-state index in [-0.39, 0.29) is 0 Å². The molecule has 82 valence electrons. The molecular weight excluding hydrogens is 182 g/mol. The monoisotopic (exact) mass is 203 g/mol. The molecule has 1 atom stereocenters. The lowest BCUT2D eigenvalue weighted by molar-refractivity contribution is 0.478. The Hall–Kier alpha value is -1.08. The maximum absolute atomic E-state index is 3.80. The van der Waals surface area contributed by atoms with Gasteiger partial charge in [0, 0.05) is 12.6 Å². The van der Waals surface area contributed by atoms with Crippen molar-refractivity contribution < 1.29 is 0 Å².